The lowest BCUT2D eigenvalue weighted by atomic mass is 10.2. The van der Waals surface area contributed by atoms with E-state index in [0.29, 0.717) is 36.3 Å². The van der Waals surface area contributed by atoms with Crippen molar-refractivity contribution in [3.63, 3.8) is 0 Å². The molecule has 0 unspecified atom stereocenters. The van der Waals surface area contributed by atoms with Gasteiger partial charge in [-0.3, -0.25) is 0 Å². The highest BCUT2D eigenvalue weighted by molar-refractivity contribution is 6.31. The number of tetrazole rings is 1. The average Bonchev–Trinajstić information content (AvgIpc) is 2.82. The number of nitrogens with zero attached hydrogens (tertiary/aromatic N) is 4. The molecule has 19 heavy (non-hydrogen) atoms. The van der Waals surface area contributed by atoms with E-state index >= 15 is 0 Å². The van der Waals surface area contributed by atoms with Gasteiger partial charge in [0.05, 0.1) is 0 Å². The smallest absolute Gasteiger partial charge is 0.182 e. The number of hydrogen-bond donors (Lipinski definition) is 1. The van der Waals surface area contributed by atoms with Crippen LogP contribution in [-0.2, 0) is 11.3 Å². The molecule has 1 aromatic heterocycles. The maximum atomic E-state index is 5.99. The van der Waals surface area contributed by atoms with Crippen LogP contribution in [0.5, 0.6) is 0 Å². The predicted molar refractivity (Wildman–Crippen MR) is 73.8 cm³/mol. The number of hydrogen-bond acceptors (Lipinski definition) is 5. The molecule has 0 aliphatic heterocycles. The first-order valence-corrected chi connectivity index (χ1v) is 6.49. The maximum Gasteiger partial charge on any atom is 0.182 e. The third-order valence-electron chi connectivity index (χ3n) is 2.57. The van der Waals surface area contributed by atoms with Gasteiger partial charge in [0.1, 0.15) is 0 Å². The highest BCUT2D eigenvalue weighted by Gasteiger charge is 2.10. The molecule has 0 aliphatic rings. The van der Waals surface area contributed by atoms with Crippen LogP contribution >= 0.6 is 11.6 Å². The molecular weight excluding hydrogens is 266 g/mol. The average molecular weight is 282 g/mol. The van der Waals surface area contributed by atoms with Gasteiger partial charge in [-0.2, -0.15) is 0 Å². The SMILES string of the molecule is CCOCCCn1nnnc1-c1cc(N)cc(Cl)c1. The second-order valence-corrected chi connectivity index (χ2v) is 4.49. The fourth-order valence-corrected chi connectivity index (χ4v) is 2.01. The highest BCUT2D eigenvalue weighted by atomic mass is 35.5. The Labute approximate surface area is 116 Å². The maximum absolute atomic E-state index is 5.99. The first-order chi connectivity index (χ1) is 9.20. The summed E-state index contributed by atoms with van der Waals surface area (Å²) in [6, 6.07) is 5.29. The molecule has 2 aromatic rings. The van der Waals surface area contributed by atoms with Crippen LogP contribution in [0.25, 0.3) is 11.4 Å². The first-order valence-electron chi connectivity index (χ1n) is 6.11. The van der Waals surface area contributed by atoms with E-state index in [-0.39, 0.29) is 0 Å². The minimum Gasteiger partial charge on any atom is -0.399 e. The van der Waals surface area contributed by atoms with Crippen molar-refractivity contribution in [1.82, 2.24) is 20.2 Å². The number of ether oxygens (including phenoxy) is 1. The van der Waals surface area contributed by atoms with Crippen LogP contribution in [0.3, 0.4) is 0 Å². The molecule has 1 aromatic carbocycles. The molecule has 6 nitrogen and oxygen atoms in total. The lowest BCUT2D eigenvalue weighted by Crippen LogP contribution is -2.06. The van der Waals surface area contributed by atoms with Gasteiger partial charge in [-0.15, -0.1) is 5.10 Å². The normalized spacial score (nSPS) is 10.8. The Morgan fingerprint density at radius 3 is 2.95 bits per heavy atom. The number of nitrogens with two attached hydrogens (primary N) is 1. The fraction of sp³-hybridized carbons (Fsp3) is 0.417. The zero-order valence-corrected chi connectivity index (χ0v) is 11.5. The molecule has 0 saturated carbocycles. The fourth-order valence-electron chi connectivity index (χ4n) is 1.76. The van der Waals surface area contributed by atoms with Gasteiger partial charge < -0.3 is 10.5 Å². The van der Waals surface area contributed by atoms with Gasteiger partial charge in [0, 0.05) is 36.0 Å². The van der Waals surface area contributed by atoms with Gasteiger partial charge in [-0.1, -0.05) is 11.6 Å². The Morgan fingerprint density at radius 2 is 2.21 bits per heavy atom. The molecule has 2 rings (SSSR count). The molecule has 0 radical (unpaired) electrons. The number of rotatable bonds is 6. The van der Waals surface area contributed by atoms with Crippen molar-refractivity contribution in [2.75, 3.05) is 18.9 Å². The Kier molecular flexibility index (Phi) is 4.70. The van der Waals surface area contributed by atoms with Crippen LogP contribution in [0.4, 0.5) is 5.69 Å². The first kappa shape index (κ1) is 13.8. The summed E-state index contributed by atoms with van der Waals surface area (Å²) >= 11 is 5.99. The second-order valence-electron chi connectivity index (χ2n) is 4.05. The van der Waals surface area contributed by atoms with Gasteiger partial charge in [0.15, 0.2) is 5.82 Å². The number of nitrogen functional groups attached to an aromatic ring is 1. The topological polar surface area (TPSA) is 78.8 Å². The Bertz CT molecular complexity index is 522. The molecule has 0 fully saturated rings. The number of anilines is 1. The lowest BCUT2D eigenvalue weighted by molar-refractivity contribution is 0.140. The van der Waals surface area contributed by atoms with Crippen LogP contribution < -0.4 is 5.73 Å². The van der Waals surface area contributed by atoms with Crippen molar-refractivity contribution in [3.8, 4) is 11.4 Å². The van der Waals surface area contributed by atoms with Crippen LogP contribution in [-0.4, -0.2) is 33.4 Å². The third-order valence-corrected chi connectivity index (χ3v) is 2.79. The van der Waals surface area contributed by atoms with E-state index in [9.17, 15) is 0 Å². The summed E-state index contributed by atoms with van der Waals surface area (Å²) in [5.41, 5.74) is 7.17. The summed E-state index contributed by atoms with van der Waals surface area (Å²) < 4.78 is 7.02. The quantitative estimate of drug-likeness (QED) is 0.647. The van der Waals surface area contributed by atoms with Crippen molar-refractivity contribution in [2.45, 2.75) is 19.9 Å². The Balaban J connectivity index is 2.14. The van der Waals surface area contributed by atoms with Crippen molar-refractivity contribution in [3.05, 3.63) is 23.2 Å². The monoisotopic (exact) mass is 281 g/mol. The molecule has 0 aliphatic carbocycles. The number of aromatic nitrogens is 4. The molecule has 7 heteroatoms. The lowest BCUT2D eigenvalue weighted by Gasteiger charge is -2.06. The van der Waals surface area contributed by atoms with Gasteiger partial charge in [0.2, 0.25) is 0 Å². The standard InChI is InChI=1S/C12H16ClN5O/c1-2-19-5-3-4-18-12(15-16-17-18)9-6-10(13)8-11(14)7-9/h6-8H,2-5,14H2,1H3. The number of benzene rings is 1. The van der Waals surface area contributed by atoms with Gasteiger partial charge in [-0.25, -0.2) is 4.68 Å². The zero-order valence-electron chi connectivity index (χ0n) is 10.7. The van der Waals surface area contributed by atoms with E-state index < -0.39 is 0 Å². The molecule has 0 bridgehead atoms. The van der Waals surface area contributed by atoms with E-state index in [2.05, 4.69) is 15.5 Å². The van der Waals surface area contributed by atoms with E-state index in [1.807, 2.05) is 6.92 Å². The molecule has 2 N–H and O–H groups in total. The highest BCUT2D eigenvalue weighted by Crippen LogP contribution is 2.24. The van der Waals surface area contributed by atoms with Crippen molar-refractivity contribution in [1.29, 1.82) is 0 Å². The van der Waals surface area contributed by atoms with E-state index in [0.717, 1.165) is 12.0 Å². The summed E-state index contributed by atoms with van der Waals surface area (Å²) in [4.78, 5) is 0. The minimum atomic E-state index is 0.568. The Hall–Kier alpha value is -1.66. The van der Waals surface area contributed by atoms with Crippen LogP contribution in [0.15, 0.2) is 18.2 Å². The van der Waals surface area contributed by atoms with E-state index in [1.54, 1.807) is 22.9 Å². The minimum absolute atomic E-state index is 0.568. The van der Waals surface area contributed by atoms with Gasteiger partial charge in [-0.05, 0) is 42.0 Å². The summed E-state index contributed by atoms with van der Waals surface area (Å²) in [5.74, 6) is 0.658. The van der Waals surface area contributed by atoms with Crippen LogP contribution in [0, 0.1) is 0 Å². The van der Waals surface area contributed by atoms with E-state index in [1.165, 1.54) is 0 Å². The largest absolute Gasteiger partial charge is 0.399 e. The van der Waals surface area contributed by atoms with Crippen molar-refractivity contribution >= 4 is 17.3 Å². The molecule has 1 heterocycles. The third kappa shape index (κ3) is 3.65. The molecule has 0 saturated heterocycles. The molecule has 102 valence electrons. The van der Waals surface area contributed by atoms with Gasteiger partial charge >= 0.3 is 0 Å². The van der Waals surface area contributed by atoms with Crippen molar-refractivity contribution < 1.29 is 4.74 Å². The van der Waals surface area contributed by atoms with Crippen LogP contribution in [0.2, 0.25) is 5.02 Å². The van der Waals surface area contributed by atoms with Gasteiger partial charge in [0.25, 0.3) is 0 Å². The van der Waals surface area contributed by atoms with E-state index in [4.69, 9.17) is 22.1 Å². The molecular formula is C12H16ClN5O. The summed E-state index contributed by atoms with van der Waals surface area (Å²) in [5, 5.41) is 12.2. The molecule has 0 atom stereocenters. The summed E-state index contributed by atoms with van der Waals surface area (Å²) in [6.45, 7) is 4.06. The molecule has 0 amide bonds. The summed E-state index contributed by atoms with van der Waals surface area (Å²) in [7, 11) is 0. The van der Waals surface area contributed by atoms with Crippen LogP contribution in [0.1, 0.15) is 13.3 Å². The molecule has 0 spiro atoms. The zero-order chi connectivity index (χ0) is 13.7. The van der Waals surface area contributed by atoms with Crippen molar-refractivity contribution in [2.24, 2.45) is 0 Å². The summed E-state index contributed by atoms with van der Waals surface area (Å²) in [6.07, 6.45) is 0.849. The second kappa shape index (κ2) is 6.49. The number of halogens is 1. The number of aryl methyl sites for hydroxylation is 1. The predicted octanol–water partition coefficient (Wildman–Crippen LogP) is 2.00. The Morgan fingerprint density at radius 1 is 1.37 bits per heavy atom.